The third kappa shape index (κ3) is 4.47. The maximum absolute atomic E-state index is 12.1. The van der Waals surface area contributed by atoms with Crippen molar-refractivity contribution in [2.45, 2.75) is 19.3 Å². The summed E-state index contributed by atoms with van der Waals surface area (Å²) in [4.78, 5) is 12.1. The molecule has 0 heterocycles. The minimum absolute atomic E-state index is 0.0128. The number of hydrogen-bond donors (Lipinski definition) is 1. The number of nitrogens with one attached hydrogen (secondary N) is 1. The Kier molecular flexibility index (Phi) is 5.06. The molecule has 0 saturated heterocycles. The van der Waals surface area contributed by atoms with E-state index in [0.29, 0.717) is 11.4 Å². The molecule has 0 fully saturated rings. The predicted molar refractivity (Wildman–Crippen MR) is 106 cm³/mol. The molecular formula is C23H21NO3. The smallest absolute Gasteiger partial charge is 0.262 e. The normalized spacial score (nSPS) is 12.3. The van der Waals surface area contributed by atoms with Crippen molar-refractivity contribution >= 4 is 11.6 Å². The van der Waals surface area contributed by atoms with Gasteiger partial charge in [-0.3, -0.25) is 4.79 Å². The monoisotopic (exact) mass is 359 g/mol. The summed E-state index contributed by atoms with van der Waals surface area (Å²) in [5, 5.41) is 2.84. The molecule has 0 saturated carbocycles. The highest BCUT2D eigenvalue weighted by molar-refractivity contribution is 5.91. The Morgan fingerprint density at radius 2 is 1.52 bits per heavy atom. The van der Waals surface area contributed by atoms with Crippen LogP contribution in [-0.4, -0.2) is 12.5 Å². The van der Waals surface area contributed by atoms with Gasteiger partial charge < -0.3 is 14.8 Å². The van der Waals surface area contributed by atoms with Crippen molar-refractivity contribution in [3.63, 3.8) is 0 Å². The first kappa shape index (κ1) is 17.2. The average molecular weight is 359 g/mol. The van der Waals surface area contributed by atoms with E-state index in [2.05, 4.69) is 11.4 Å². The van der Waals surface area contributed by atoms with Gasteiger partial charge in [0.2, 0.25) is 0 Å². The van der Waals surface area contributed by atoms with E-state index < -0.39 is 0 Å². The van der Waals surface area contributed by atoms with Gasteiger partial charge in [-0.15, -0.1) is 0 Å². The summed E-state index contributed by atoms with van der Waals surface area (Å²) in [6, 6.07) is 22.9. The summed E-state index contributed by atoms with van der Waals surface area (Å²) in [6.07, 6.45) is 3.43. The van der Waals surface area contributed by atoms with Crippen molar-refractivity contribution < 1.29 is 14.3 Å². The first-order valence-electron chi connectivity index (χ1n) is 9.14. The van der Waals surface area contributed by atoms with Crippen LogP contribution in [0.2, 0.25) is 0 Å². The summed E-state index contributed by atoms with van der Waals surface area (Å²) in [5.41, 5.74) is 3.43. The molecule has 3 aromatic carbocycles. The summed E-state index contributed by atoms with van der Waals surface area (Å²) in [5.74, 6) is 2.05. The van der Waals surface area contributed by atoms with Gasteiger partial charge in [-0.2, -0.15) is 0 Å². The van der Waals surface area contributed by atoms with E-state index in [1.807, 2.05) is 66.7 Å². The largest absolute Gasteiger partial charge is 0.484 e. The van der Waals surface area contributed by atoms with Gasteiger partial charge in [0.1, 0.15) is 17.2 Å². The molecule has 1 amide bonds. The third-order valence-electron chi connectivity index (χ3n) is 4.56. The Morgan fingerprint density at radius 1 is 0.815 bits per heavy atom. The quantitative estimate of drug-likeness (QED) is 0.675. The summed E-state index contributed by atoms with van der Waals surface area (Å²) in [7, 11) is 0. The van der Waals surface area contributed by atoms with Crippen LogP contribution in [0.1, 0.15) is 17.5 Å². The van der Waals surface area contributed by atoms with Gasteiger partial charge in [0.15, 0.2) is 6.61 Å². The standard InChI is InChI=1S/C23H21NO3/c25-23(16-26-22-12-9-17-5-4-6-18(17)15-22)24-19-10-13-21(14-11-19)27-20-7-2-1-3-8-20/h1-3,7-15H,4-6,16H2,(H,24,25). The number of carbonyl (C=O) groups excluding carboxylic acids is 1. The summed E-state index contributed by atoms with van der Waals surface area (Å²) < 4.78 is 11.4. The number of fused-ring (bicyclic) bond motifs is 1. The van der Waals surface area contributed by atoms with E-state index in [9.17, 15) is 4.79 Å². The first-order chi connectivity index (χ1) is 13.3. The molecule has 0 atom stereocenters. The lowest BCUT2D eigenvalue weighted by Gasteiger charge is -2.10. The molecule has 4 heteroatoms. The molecule has 4 rings (SSSR count). The average Bonchev–Trinajstić information content (AvgIpc) is 3.17. The molecule has 0 aliphatic heterocycles. The van der Waals surface area contributed by atoms with Crippen LogP contribution in [0.5, 0.6) is 17.2 Å². The minimum atomic E-state index is -0.188. The Morgan fingerprint density at radius 3 is 2.33 bits per heavy atom. The van der Waals surface area contributed by atoms with Crippen molar-refractivity contribution in [1.29, 1.82) is 0 Å². The number of aryl methyl sites for hydroxylation is 2. The maximum Gasteiger partial charge on any atom is 0.262 e. The zero-order chi connectivity index (χ0) is 18.5. The number of benzene rings is 3. The van der Waals surface area contributed by atoms with E-state index in [4.69, 9.17) is 9.47 Å². The number of para-hydroxylation sites is 1. The van der Waals surface area contributed by atoms with E-state index in [-0.39, 0.29) is 12.5 Å². The van der Waals surface area contributed by atoms with E-state index in [1.165, 1.54) is 17.5 Å². The molecule has 1 N–H and O–H groups in total. The van der Waals surface area contributed by atoms with Crippen LogP contribution in [0, 0.1) is 0 Å². The molecule has 1 aliphatic carbocycles. The van der Waals surface area contributed by atoms with Gasteiger partial charge in [0.25, 0.3) is 5.91 Å². The second-order valence-electron chi connectivity index (χ2n) is 6.56. The highest BCUT2D eigenvalue weighted by atomic mass is 16.5. The third-order valence-corrected chi connectivity index (χ3v) is 4.56. The van der Waals surface area contributed by atoms with E-state index in [0.717, 1.165) is 24.3 Å². The Hall–Kier alpha value is -3.27. The first-order valence-corrected chi connectivity index (χ1v) is 9.14. The SMILES string of the molecule is O=C(COc1ccc2c(c1)CCC2)Nc1ccc(Oc2ccccc2)cc1. The number of anilines is 1. The molecule has 4 nitrogen and oxygen atoms in total. The fraction of sp³-hybridized carbons (Fsp3) is 0.174. The van der Waals surface area contributed by atoms with Crippen molar-refractivity contribution in [1.82, 2.24) is 0 Å². The molecule has 0 aromatic heterocycles. The molecule has 3 aromatic rings. The Labute approximate surface area is 158 Å². The second-order valence-corrected chi connectivity index (χ2v) is 6.56. The minimum Gasteiger partial charge on any atom is -0.484 e. The van der Waals surface area contributed by atoms with Gasteiger partial charge in [-0.05, 0) is 78.9 Å². The number of amides is 1. The lowest BCUT2D eigenvalue weighted by molar-refractivity contribution is -0.118. The van der Waals surface area contributed by atoms with Crippen LogP contribution >= 0.6 is 0 Å². The summed E-state index contributed by atoms with van der Waals surface area (Å²) in [6.45, 7) is -0.0128. The molecular weight excluding hydrogens is 338 g/mol. The molecule has 1 aliphatic rings. The molecule has 27 heavy (non-hydrogen) atoms. The number of hydrogen-bond acceptors (Lipinski definition) is 3. The second kappa shape index (κ2) is 7.96. The van der Waals surface area contributed by atoms with Gasteiger partial charge in [0.05, 0.1) is 0 Å². The highest BCUT2D eigenvalue weighted by Crippen LogP contribution is 2.26. The Balaban J connectivity index is 1.29. The van der Waals surface area contributed by atoms with Gasteiger partial charge in [-0.1, -0.05) is 24.3 Å². The van der Waals surface area contributed by atoms with Crippen LogP contribution in [-0.2, 0) is 17.6 Å². The van der Waals surface area contributed by atoms with Crippen LogP contribution in [0.25, 0.3) is 0 Å². The van der Waals surface area contributed by atoms with Crippen LogP contribution in [0.3, 0.4) is 0 Å². The lowest BCUT2D eigenvalue weighted by Crippen LogP contribution is -2.20. The van der Waals surface area contributed by atoms with Gasteiger partial charge in [0, 0.05) is 5.69 Å². The molecule has 0 bridgehead atoms. The van der Waals surface area contributed by atoms with E-state index >= 15 is 0 Å². The van der Waals surface area contributed by atoms with Crippen molar-refractivity contribution in [2.24, 2.45) is 0 Å². The molecule has 0 spiro atoms. The van der Waals surface area contributed by atoms with Gasteiger partial charge >= 0.3 is 0 Å². The van der Waals surface area contributed by atoms with Crippen molar-refractivity contribution in [3.05, 3.63) is 83.9 Å². The maximum atomic E-state index is 12.1. The zero-order valence-electron chi connectivity index (χ0n) is 15.0. The van der Waals surface area contributed by atoms with Gasteiger partial charge in [-0.25, -0.2) is 0 Å². The van der Waals surface area contributed by atoms with E-state index in [1.54, 1.807) is 0 Å². The number of ether oxygens (including phenoxy) is 2. The van der Waals surface area contributed by atoms with Crippen molar-refractivity contribution in [3.8, 4) is 17.2 Å². The fourth-order valence-corrected chi connectivity index (χ4v) is 3.21. The number of rotatable bonds is 6. The predicted octanol–water partition coefficient (Wildman–Crippen LogP) is 4.99. The topological polar surface area (TPSA) is 47.6 Å². The zero-order valence-corrected chi connectivity index (χ0v) is 15.0. The molecule has 0 unspecified atom stereocenters. The lowest BCUT2D eigenvalue weighted by atomic mass is 10.1. The number of carbonyl (C=O) groups is 1. The molecule has 136 valence electrons. The fourth-order valence-electron chi connectivity index (χ4n) is 3.21. The highest BCUT2D eigenvalue weighted by Gasteiger charge is 2.12. The Bertz CT molecular complexity index is 920. The van der Waals surface area contributed by atoms with Crippen LogP contribution < -0.4 is 14.8 Å². The summed E-state index contributed by atoms with van der Waals surface area (Å²) >= 11 is 0. The van der Waals surface area contributed by atoms with Crippen LogP contribution in [0.4, 0.5) is 5.69 Å². The van der Waals surface area contributed by atoms with Crippen molar-refractivity contribution in [2.75, 3.05) is 11.9 Å². The molecule has 0 radical (unpaired) electrons. The van der Waals surface area contributed by atoms with Crippen LogP contribution in [0.15, 0.2) is 72.8 Å².